The SMILES string of the molecule is CC(SS[C@H](C)[C@](O)(Cn1cncn1)c1ccc(F)cc1F)c1cccnc1F. The fraction of sp³-hybridized carbons (Fsp3) is 0.316. The van der Waals surface area contributed by atoms with Gasteiger partial charge >= 0.3 is 0 Å². The van der Waals surface area contributed by atoms with Gasteiger partial charge in [0, 0.05) is 33.9 Å². The number of nitrogens with zero attached hydrogens (tertiary/aromatic N) is 4. The maximum Gasteiger partial charge on any atom is 0.217 e. The summed E-state index contributed by atoms with van der Waals surface area (Å²) in [6.07, 6.45) is 4.09. The Morgan fingerprint density at radius 2 is 1.97 bits per heavy atom. The molecule has 10 heteroatoms. The molecule has 2 aromatic heterocycles. The molecular formula is C19H19F3N4OS2. The van der Waals surface area contributed by atoms with Crippen molar-refractivity contribution in [2.24, 2.45) is 0 Å². The van der Waals surface area contributed by atoms with Crippen molar-refractivity contribution in [2.75, 3.05) is 0 Å². The van der Waals surface area contributed by atoms with Crippen molar-refractivity contribution >= 4 is 21.6 Å². The summed E-state index contributed by atoms with van der Waals surface area (Å²) < 4.78 is 43.2. The van der Waals surface area contributed by atoms with Crippen molar-refractivity contribution in [2.45, 2.75) is 36.5 Å². The Hall–Kier alpha value is -2.04. The topological polar surface area (TPSA) is 63.8 Å². The first kappa shape index (κ1) is 21.7. The lowest BCUT2D eigenvalue weighted by Crippen LogP contribution is -2.41. The summed E-state index contributed by atoms with van der Waals surface area (Å²) >= 11 is 0. The minimum absolute atomic E-state index is 0.0461. The van der Waals surface area contributed by atoms with Gasteiger partial charge in [0.05, 0.1) is 6.54 Å². The predicted molar refractivity (Wildman–Crippen MR) is 108 cm³/mol. The van der Waals surface area contributed by atoms with Crippen molar-refractivity contribution in [3.63, 3.8) is 0 Å². The van der Waals surface area contributed by atoms with Crippen molar-refractivity contribution in [3.05, 3.63) is 77.9 Å². The Balaban J connectivity index is 1.84. The third-order valence-corrected chi connectivity index (χ3v) is 7.91. The highest BCUT2D eigenvalue weighted by atomic mass is 33.1. The van der Waals surface area contributed by atoms with Gasteiger partial charge in [0.25, 0.3) is 0 Å². The number of aliphatic hydroxyl groups is 1. The normalized spacial score (nSPS) is 15.7. The third-order valence-electron chi connectivity index (χ3n) is 4.51. The molecule has 2 heterocycles. The Bertz CT molecular complexity index is 960. The van der Waals surface area contributed by atoms with Crippen LogP contribution in [0.15, 0.2) is 49.2 Å². The smallest absolute Gasteiger partial charge is 0.217 e. The summed E-state index contributed by atoms with van der Waals surface area (Å²) in [5.74, 6) is -2.13. The summed E-state index contributed by atoms with van der Waals surface area (Å²) in [6.45, 7) is 3.46. The van der Waals surface area contributed by atoms with Crippen molar-refractivity contribution in [1.29, 1.82) is 0 Å². The highest BCUT2D eigenvalue weighted by Gasteiger charge is 2.40. The van der Waals surface area contributed by atoms with Gasteiger partial charge in [-0.3, -0.25) is 0 Å². The summed E-state index contributed by atoms with van der Waals surface area (Å²) in [5.41, 5.74) is -1.32. The van der Waals surface area contributed by atoms with Crippen molar-refractivity contribution in [1.82, 2.24) is 19.7 Å². The Morgan fingerprint density at radius 1 is 1.17 bits per heavy atom. The minimum atomic E-state index is -1.71. The highest BCUT2D eigenvalue weighted by Crippen LogP contribution is 2.46. The maximum atomic E-state index is 14.5. The van der Waals surface area contributed by atoms with Gasteiger partial charge in [-0.1, -0.05) is 33.7 Å². The van der Waals surface area contributed by atoms with Crippen LogP contribution in [0, 0.1) is 17.6 Å². The maximum absolute atomic E-state index is 14.5. The predicted octanol–water partition coefficient (Wildman–Crippen LogP) is 4.51. The number of halogens is 3. The zero-order valence-electron chi connectivity index (χ0n) is 15.7. The van der Waals surface area contributed by atoms with Crippen LogP contribution in [0.1, 0.15) is 30.2 Å². The van der Waals surface area contributed by atoms with Crippen LogP contribution in [-0.2, 0) is 12.1 Å². The average molecular weight is 441 g/mol. The Kier molecular flexibility index (Phi) is 6.86. The van der Waals surface area contributed by atoms with E-state index in [9.17, 15) is 18.3 Å². The molecule has 3 aromatic rings. The number of hydrogen-bond acceptors (Lipinski definition) is 6. The molecule has 0 radical (unpaired) electrons. The first-order valence-electron chi connectivity index (χ1n) is 8.74. The molecule has 5 nitrogen and oxygen atoms in total. The summed E-state index contributed by atoms with van der Waals surface area (Å²) in [6, 6.07) is 6.36. The van der Waals surface area contributed by atoms with Crippen LogP contribution >= 0.6 is 21.6 Å². The highest BCUT2D eigenvalue weighted by molar-refractivity contribution is 8.77. The molecule has 0 spiro atoms. The van der Waals surface area contributed by atoms with E-state index >= 15 is 0 Å². The average Bonchev–Trinajstić information content (AvgIpc) is 3.18. The molecule has 3 rings (SSSR count). The van der Waals surface area contributed by atoms with Crippen LogP contribution in [0.4, 0.5) is 13.2 Å². The van der Waals surface area contributed by atoms with E-state index in [-0.39, 0.29) is 17.4 Å². The molecule has 0 aliphatic carbocycles. The van der Waals surface area contributed by atoms with Gasteiger partial charge < -0.3 is 5.11 Å². The van der Waals surface area contributed by atoms with Gasteiger partial charge in [-0.2, -0.15) is 9.49 Å². The van der Waals surface area contributed by atoms with Gasteiger partial charge in [-0.15, -0.1) is 0 Å². The number of pyridine rings is 1. The molecule has 0 aliphatic rings. The zero-order chi connectivity index (χ0) is 21.0. The van der Waals surface area contributed by atoms with Crippen LogP contribution in [0.3, 0.4) is 0 Å². The lowest BCUT2D eigenvalue weighted by molar-refractivity contribution is 0.0137. The largest absolute Gasteiger partial charge is 0.382 e. The molecular weight excluding hydrogens is 421 g/mol. The molecule has 154 valence electrons. The lowest BCUT2D eigenvalue weighted by Gasteiger charge is -2.34. The van der Waals surface area contributed by atoms with E-state index in [2.05, 4.69) is 15.1 Å². The van der Waals surface area contributed by atoms with E-state index in [4.69, 9.17) is 0 Å². The second kappa shape index (κ2) is 9.19. The molecule has 29 heavy (non-hydrogen) atoms. The monoisotopic (exact) mass is 440 g/mol. The van der Waals surface area contributed by atoms with Gasteiger partial charge in [0.15, 0.2) is 0 Å². The third kappa shape index (κ3) is 4.93. The van der Waals surface area contributed by atoms with Crippen molar-refractivity contribution in [3.8, 4) is 0 Å². The second-order valence-electron chi connectivity index (χ2n) is 6.50. The molecule has 1 unspecified atom stereocenters. The number of hydrogen-bond donors (Lipinski definition) is 1. The van der Waals surface area contributed by atoms with E-state index < -0.39 is 28.4 Å². The lowest BCUT2D eigenvalue weighted by atomic mass is 9.90. The number of aromatic nitrogens is 4. The first-order valence-corrected chi connectivity index (χ1v) is 11.0. The van der Waals surface area contributed by atoms with Gasteiger partial charge in [0.2, 0.25) is 5.95 Å². The van der Waals surface area contributed by atoms with E-state index in [1.54, 1.807) is 19.1 Å². The Labute approximate surface area is 174 Å². The van der Waals surface area contributed by atoms with Crippen LogP contribution in [0.25, 0.3) is 0 Å². The molecule has 0 fully saturated rings. The van der Waals surface area contributed by atoms with Crippen LogP contribution in [0.5, 0.6) is 0 Å². The fourth-order valence-electron chi connectivity index (χ4n) is 2.83. The first-order chi connectivity index (χ1) is 13.8. The number of rotatable bonds is 8. The van der Waals surface area contributed by atoms with E-state index in [1.165, 1.54) is 51.2 Å². The van der Waals surface area contributed by atoms with E-state index in [0.717, 1.165) is 12.1 Å². The standard InChI is InChI=1S/C19H19F3N4OS2/c1-12(15-4-3-7-24-18(15)22)28-29-13(2)19(27,9-26-11-23-10-25-26)16-6-5-14(20)8-17(16)21/h3-8,10-13,27H,9H2,1-2H3/t12?,13-,19-/m1/s1. The van der Waals surface area contributed by atoms with Gasteiger partial charge in [-0.25, -0.2) is 23.4 Å². The second-order valence-corrected chi connectivity index (χ2v) is 9.46. The van der Waals surface area contributed by atoms with E-state index in [0.29, 0.717) is 5.56 Å². The van der Waals surface area contributed by atoms with Crippen LogP contribution < -0.4 is 0 Å². The Morgan fingerprint density at radius 3 is 2.62 bits per heavy atom. The molecule has 1 aromatic carbocycles. The molecule has 0 saturated heterocycles. The molecule has 0 bridgehead atoms. The molecule has 0 amide bonds. The summed E-state index contributed by atoms with van der Waals surface area (Å²) in [4.78, 5) is 7.50. The summed E-state index contributed by atoms with van der Waals surface area (Å²) in [5, 5.41) is 14.6. The van der Waals surface area contributed by atoms with Crippen LogP contribution in [0.2, 0.25) is 0 Å². The van der Waals surface area contributed by atoms with Crippen molar-refractivity contribution < 1.29 is 18.3 Å². The van der Waals surface area contributed by atoms with Gasteiger partial charge in [0.1, 0.15) is 29.9 Å². The molecule has 1 N–H and O–H groups in total. The van der Waals surface area contributed by atoms with Crippen LogP contribution in [-0.4, -0.2) is 30.1 Å². The zero-order valence-corrected chi connectivity index (χ0v) is 17.3. The molecule has 3 atom stereocenters. The molecule has 0 saturated carbocycles. The number of benzene rings is 1. The molecule has 0 aliphatic heterocycles. The minimum Gasteiger partial charge on any atom is -0.382 e. The van der Waals surface area contributed by atoms with E-state index in [1.807, 2.05) is 6.92 Å². The van der Waals surface area contributed by atoms with Gasteiger partial charge in [-0.05, 0) is 26.0 Å². The quantitative estimate of drug-likeness (QED) is 0.411. The fourth-order valence-corrected chi connectivity index (χ4v) is 5.60. The summed E-state index contributed by atoms with van der Waals surface area (Å²) in [7, 11) is 2.60.